The SMILES string of the molecule is [O-][Br+]OCc1ccc(F)c(F)c1F. The van der Waals surface area contributed by atoms with E-state index in [4.69, 9.17) is 0 Å². The molecule has 0 unspecified atom stereocenters. The van der Waals surface area contributed by atoms with Crippen LogP contribution in [0.1, 0.15) is 5.56 Å². The first-order valence-corrected chi connectivity index (χ1v) is 4.47. The highest BCUT2D eigenvalue weighted by Gasteiger charge is 2.14. The molecule has 1 aromatic rings. The predicted octanol–water partition coefficient (Wildman–Crippen LogP) is 0.896. The molecule has 0 fully saturated rings. The minimum atomic E-state index is -1.55. The Hall–Kier alpha value is -0.590. The van der Waals surface area contributed by atoms with Crippen molar-refractivity contribution < 1.29 is 36.7 Å². The van der Waals surface area contributed by atoms with Crippen molar-refractivity contribution in [2.45, 2.75) is 6.61 Å². The van der Waals surface area contributed by atoms with Crippen LogP contribution in [0.4, 0.5) is 13.2 Å². The molecule has 0 bridgehead atoms. The van der Waals surface area contributed by atoms with Crippen LogP contribution in [0.2, 0.25) is 0 Å². The second kappa shape index (κ2) is 4.59. The smallest absolute Gasteiger partial charge is 0.420 e. The lowest BCUT2D eigenvalue weighted by atomic mass is 10.2. The summed E-state index contributed by atoms with van der Waals surface area (Å²) in [5.41, 5.74) is -0.164. The molecular formula is C7H4BrF3O2. The Balaban J connectivity index is 2.90. The summed E-state index contributed by atoms with van der Waals surface area (Å²) in [4.78, 5) is 0. The van der Waals surface area contributed by atoms with Gasteiger partial charge in [-0.15, -0.1) is 3.83 Å². The topological polar surface area (TPSA) is 32.3 Å². The molecule has 1 aromatic carbocycles. The van der Waals surface area contributed by atoms with Crippen molar-refractivity contribution in [2.75, 3.05) is 0 Å². The molecule has 0 atom stereocenters. The van der Waals surface area contributed by atoms with E-state index in [-0.39, 0.29) is 12.2 Å². The van der Waals surface area contributed by atoms with Crippen molar-refractivity contribution in [3.63, 3.8) is 0 Å². The summed E-state index contributed by atoms with van der Waals surface area (Å²) in [7, 11) is 0. The lowest BCUT2D eigenvalue weighted by Gasteiger charge is -2.00. The van der Waals surface area contributed by atoms with Gasteiger partial charge in [-0.25, -0.2) is 13.2 Å². The van der Waals surface area contributed by atoms with Gasteiger partial charge in [0.2, 0.25) is 0 Å². The molecule has 0 radical (unpaired) electrons. The van der Waals surface area contributed by atoms with E-state index in [9.17, 15) is 17.4 Å². The number of hydrogen-bond acceptors (Lipinski definition) is 2. The molecule has 1 rings (SSSR count). The Bertz CT molecular complexity index is 306. The molecule has 2 nitrogen and oxygen atoms in total. The van der Waals surface area contributed by atoms with Crippen LogP contribution in [0, 0.1) is 33.0 Å². The highest BCUT2D eigenvalue weighted by molar-refractivity contribution is 5.19. The van der Waals surface area contributed by atoms with E-state index in [1.54, 1.807) is 0 Å². The number of halogens is 4. The summed E-state index contributed by atoms with van der Waals surface area (Å²) in [6.45, 7) is -0.341. The summed E-state index contributed by atoms with van der Waals surface area (Å²) in [6, 6.07) is 1.82. The lowest BCUT2D eigenvalue weighted by molar-refractivity contribution is -1.27. The van der Waals surface area contributed by atoms with Crippen molar-refractivity contribution in [1.29, 1.82) is 0 Å². The van der Waals surface area contributed by atoms with Gasteiger partial charge in [-0.1, -0.05) is 6.07 Å². The van der Waals surface area contributed by atoms with Crippen LogP contribution in [0.15, 0.2) is 12.1 Å². The van der Waals surface area contributed by atoms with E-state index in [2.05, 4.69) is 3.83 Å². The van der Waals surface area contributed by atoms with Crippen LogP contribution >= 0.6 is 0 Å². The van der Waals surface area contributed by atoms with Crippen LogP contribution in [0.5, 0.6) is 0 Å². The molecule has 0 spiro atoms. The van der Waals surface area contributed by atoms with Crippen molar-refractivity contribution in [3.05, 3.63) is 35.1 Å². The molecule has 0 aliphatic carbocycles. The molecule has 0 N–H and O–H groups in total. The Labute approximate surface area is 79.1 Å². The molecule has 0 saturated heterocycles. The number of benzene rings is 1. The molecule has 0 aliphatic rings. The quantitative estimate of drug-likeness (QED) is 0.753. The van der Waals surface area contributed by atoms with Crippen molar-refractivity contribution in [3.8, 4) is 0 Å². The molecule has 0 aliphatic heterocycles. The third kappa shape index (κ3) is 2.43. The minimum Gasteiger partial charge on any atom is -0.550 e. The van der Waals surface area contributed by atoms with Gasteiger partial charge in [0.1, 0.15) is 6.61 Å². The van der Waals surface area contributed by atoms with Crippen LogP contribution in [0.3, 0.4) is 0 Å². The van der Waals surface area contributed by atoms with E-state index in [0.717, 1.165) is 12.1 Å². The highest BCUT2D eigenvalue weighted by atomic mass is 79.9. The predicted molar refractivity (Wildman–Crippen MR) is 31.1 cm³/mol. The normalized spacial score (nSPS) is 10.5. The Morgan fingerprint density at radius 2 is 1.92 bits per heavy atom. The molecule has 0 amide bonds. The molecule has 13 heavy (non-hydrogen) atoms. The van der Waals surface area contributed by atoms with Crippen LogP contribution in [-0.2, 0) is 10.4 Å². The average molecular weight is 257 g/mol. The zero-order valence-electron chi connectivity index (χ0n) is 6.19. The van der Waals surface area contributed by atoms with E-state index >= 15 is 0 Å². The summed E-state index contributed by atoms with van der Waals surface area (Å²) in [6.07, 6.45) is 0. The fourth-order valence-electron chi connectivity index (χ4n) is 0.758. The summed E-state index contributed by atoms with van der Waals surface area (Å²) >= 11 is -1.09. The minimum absolute atomic E-state index is 0.164. The van der Waals surface area contributed by atoms with E-state index in [1.165, 1.54) is 0 Å². The van der Waals surface area contributed by atoms with Crippen molar-refractivity contribution in [1.82, 2.24) is 0 Å². The van der Waals surface area contributed by atoms with Gasteiger partial charge >= 0.3 is 15.5 Å². The zero-order valence-corrected chi connectivity index (χ0v) is 7.78. The van der Waals surface area contributed by atoms with Gasteiger partial charge in [-0.3, -0.25) is 0 Å². The Morgan fingerprint density at radius 3 is 2.54 bits per heavy atom. The maximum atomic E-state index is 12.8. The van der Waals surface area contributed by atoms with Gasteiger partial charge in [0.05, 0.1) is 0 Å². The van der Waals surface area contributed by atoms with Crippen LogP contribution in [0.25, 0.3) is 0 Å². The van der Waals surface area contributed by atoms with E-state index in [0.29, 0.717) is 0 Å². The monoisotopic (exact) mass is 256 g/mol. The number of hydrogen-bond donors (Lipinski definition) is 0. The maximum absolute atomic E-state index is 12.8. The Morgan fingerprint density at radius 1 is 1.23 bits per heavy atom. The van der Waals surface area contributed by atoms with Gasteiger partial charge in [-0.2, -0.15) is 0 Å². The number of rotatable bonds is 3. The van der Waals surface area contributed by atoms with Gasteiger partial charge in [0.15, 0.2) is 17.5 Å². The molecular weight excluding hydrogens is 253 g/mol. The average Bonchev–Trinajstić information content (AvgIpc) is 2.13. The fourth-order valence-corrected chi connectivity index (χ4v) is 1.10. The first kappa shape index (κ1) is 10.5. The maximum Gasteiger partial charge on any atom is 0.420 e. The highest BCUT2D eigenvalue weighted by Crippen LogP contribution is 2.15. The lowest BCUT2D eigenvalue weighted by Crippen LogP contribution is -2.06. The van der Waals surface area contributed by atoms with E-state index < -0.39 is 33.0 Å². The zero-order chi connectivity index (χ0) is 9.84. The van der Waals surface area contributed by atoms with Gasteiger partial charge in [-0.05, 0) is 6.07 Å². The van der Waals surface area contributed by atoms with Crippen LogP contribution in [-0.4, -0.2) is 0 Å². The summed E-state index contributed by atoms with van der Waals surface area (Å²) < 4.78 is 51.9. The van der Waals surface area contributed by atoms with Gasteiger partial charge < -0.3 is 4.20 Å². The van der Waals surface area contributed by atoms with Crippen molar-refractivity contribution in [2.24, 2.45) is 0 Å². The second-order valence-corrected chi connectivity index (χ2v) is 2.87. The first-order valence-electron chi connectivity index (χ1n) is 3.18. The largest absolute Gasteiger partial charge is 0.550 e. The molecule has 0 heterocycles. The molecule has 0 saturated carbocycles. The van der Waals surface area contributed by atoms with E-state index in [1.807, 2.05) is 0 Å². The first-order chi connectivity index (χ1) is 6.16. The molecule has 0 aromatic heterocycles. The fraction of sp³-hybridized carbons (Fsp3) is 0.143. The summed E-state index contributed by atoms with van der Waals surface area (Å²) in [5, 5.41) is 0. The third-order valence-corrected chi connectivity index (χ3v) is 1.79. The van der Waals surface area contributed by atoms with Gasteiger partial charge in [0.25, 0.3) is 0 Å². The summed E-state index contributed by atoms with van der Waals surface area (Å²) in [5.74, 6) is -4.11. The van der Waals surface area contributed by atoms with Crippen molar-refractivity contribution >= 4 is 0 Å². The molecule has 72 valence electrons. The standard InChI is InChI=1S/C7H4BrF3O2/c9-5-2-1-4(3-13-8-12)6(10)7(5)11/h1-2H,3H2. The van der Waals surface area contributed by atoms with Gasteiger partial charge in [0, 0.05) is 5.56 Å². The third-order valence-electron chi connectivity index (χ3n) is 1.37. The second-order valence-electron chi connectivity index (χ2n) is 2.15. The molecule has 6 heteroatoms. The Kier molecular flexibility index (Phi) is 3.71. The van der Waals surface area contributed by atoms with Crippen LogP contribution < -0.4 is 4.20 Å².